The number of nitrogens with zero attached hydrogens (tertiary/aromatic N) is 1. The molecule has 1 N–H and O–H groups in total. The largest absolute Gasteiger partial charge is 0.480 e. The molecule has 1 atom stereocenters. The van der Waals surface area contributed by atoms with Crippen molar-refractivity contribution in [3.63, 3.8) is 0 Å². The summed E-state index contributed by atoms with van der Waals surface area (Å²) in [5, 5.41) is 9.77. The van der Waals surface area contributed by atoms with Crippen molar-refractivity contribution in [2.75, 3.05) is 13.1 Å². The van der Waals surface area contributed by atoms with Crippen molar-refractivity contribution < 1.29 is 9.90 Å². The van der Waals surface area contributed by atoms with Crippen molar-refractivity contribution in [1.82, 2.24) is 4.90 Å². The third-order valence-corrected chi connectivity index (χ3v) is 3.68. The molecule has 1 fully saturated rings. The van der Waals surface area contributed by atoms with E-state index in [1.54, 1.807) is 0 Å². The second kappa shape index (κ2) is 5.39. The van der Waals surface area contributed by atoms with Crippen molar-refractivity contribution in [3.8, 4) is 0 Å². The Kier molecular flexibility index (Phi) is 4.65. The fraction of sp³-hybridized carbons (Fsp3) is 0.727. The molecule has 1 unspecified atom stereocenters. The molecular weight excluding hydrogens is 249 g/mol. The maximum atomic E-state index is 11.3. The van der Waals surface area contributed by atoms with Crippen LogP contribution >= 0.6 is 23.2 Å². The van der Waals surface area contributed by atoms with Crippen LogP contribution in [0.1, 0.15) is 26.7 Å². The lowest BCUT2D eigenvalue weighted by atomic mass is 9.76. The second-order valence-corrected chi connectivity index (χ2v) is 5.56. The molecule has 0 saturated carbocycles. The smallest absolute Gasteiger partial charge is 0.321 e. The Balaban J connectivity index is 2.85. The van der Waals surface area contributed by atoms with E-state index < -0.39 is 12.0 Å². The summed E-state index contributed by atoms with van der Waals surface area (Å²) >= 11 is 11.4. The first-order valence-electron chi connectivity index (χ1n) is 5.30. The normalized spacial score (nSPS) is 26.8. The topological polar surface area (TPSA) is 40.5 Å². The minimum Gasteiger partial charge on any atom is -0.480 e. The molecule has 0 amide bonds. The second-order valence-electron chi connectivity index (χ2n) is 4.86. The van der Waals surface area contributed by atoms with Gasteiger partial charge in [0.1, 0.15) is 6.04 Å². The molecule has 0 spiro atoms. The first-order chi connectivity index (χ1) is 7.38. The maximum Gasteiger partial charge on any atom is 0.321 e. The summed E-state index contributed by atoms with van der Waals surface area (Å²) in [6, 6.07) is -0.494. The maximum absolute atomic E-state index is 11.3. The van der Waals surface area contributed by atoms with Crippen molar-refractivity contribution in [2.24, 2.45) is 5.41 Å². The van der Waals surface area contributed by atoms with Gasteiger partial charge in [0.25, 0.3) is 0 Å². The lowest BCUT2D eigenvalue weighted by Crippen LogP contribution is -2.54. The minimum atomic E-state index is -0.788. The minimum absolute atomic E-state index is 0.229. The average Bonchev–Trinajstić information content (AvgIpc) is 2.15. The summed E-state index contributed by atoms with van der Waals surface area (Å²) in [4.78, 5) is 13.2. The molecule has 1 rings (SSSR count). The van der Waals surface area contributed by atoms with Gasteiger partial charge < -0.3 is 5.11 Å². The van der Waals surface area contributed by atoms with Crippen molar-refractivity contribution >= 4 is 29.2 Å². The van der Waals surface area contributed by atoms with Crippen LogP contribution in [0, 0.1) is 5.41 Å². The monoisotopic (exact) mass is 265 g/mol. The lowest BCUT2D eigenvalue weighted by Gasteiger charge is -2.43. The Morgan fingerprint density at radius 1 is 1.62 bits per heavy atom. The van der Waals surface area contributed by atoms with Crippen LogP contribution in [0.2, 0.25) is 0 Å². The molecule has 3 nitrogen and oxygen atoms in total. The van der Waals surface area contributed by atoms with Crippen LogP contribution in [0.5, 0.6) is 0 Å². The zero-order chi connectivity index (χ0) is 12.3. The number of hydrogen-bond donors (Lipinski definition) is 1. The number of carboxylic acid groups (broad SMARTS) is 1. The Labute approximate surface area is 106 Å². The van der Waals surface area contributed by atoms with E-state index >= 15 is 0 Å². The van der Waals surface area contributed by atoms with Gasteiger partial charge in [0.2, 0.25) is 0 Å². The number of hydrogen-bond acceptors (Lipinski definition) is 2. The molecule has 1 aliphatic rings. The van der Waals surface area contributed by atoms with E-state index in [1.807, 2.05) is 18.7 Å². The van der Waals surface area contributed by atoms with Gasteiger partial charge in [-0.05, 0) is 24.8 Å². The third kappa shape index (κ3) is 3.12. The van der Waals surface area contributed by atoms with E-state index in [2.05, 4.69) is 0 Å². The summed E-state index contributed by atoms with van der Waals surface area (Å²) in [6.45, 7) is 5.12. The number of halogens is 2. The summed E-state index contributed by atoms with van der Waals surface area (Å²) in [7, 11) is 0. The molecule has 0 bridgehead atoms. The molecule has 92 valence electrons. The SMILES string of the molecule is CC1(C)CCCN(CC(Cl)=CCl)C1C(=O)O. The first-order valence-corrected chi connectivity index (χ1v) is 6.11. The molecule has 0 aromatic carbocycles. The Morgan fingerprint density at radius 3 is 2.75 bits per heavy atom. The number of aliphatic carboxylic acids is 1. The van der Waals surface area contributed by atoms with Gasteiger partial charge in [-0.25, -0.2) is 0 Å². The molecule has 0 aromatic rings. The average molecular weight is 266 g/mol. The summed E-state index contributed by atoms with van der Waals surface area (Å²) in [6.07, 6.45) is 1.91. The van der Waals surface area contributed by atoms with Crippen molar-refractivity contribution in [1.29, 1.82) is 0 Å². The summed E-state index contributed by atoms with van der Waals surface area (Å²) < 4.78 is 0. The van der Waals surface area contributed by atoms with Gasteiger partial charge in [0.05, 0.1) is 0 Å². The number of carbonyl (C=O) groups is 1. The van der Waals surface area contributed by atoms with Crippen LogP contribution in [0.4, 0.5) is 0 Å². The predicted molar refractivity (Wildman–Crippen MR) is 65.8 cm³/mol. The molecular formula is C11H17Cl2NO2. The van der Waals surface area contributed by atoms with E-state index in [-0.39, 0.29) is 5.41 Å². The third-order valence-electron chi connectivity index (χ3n) is 3.08. The molecule has 0 aromatic heterocycles. The van der Waals surface area contributed by atoms with Gasteiger partial charge in [0, 0.05) is 17.1 Å². The highest BCUT2D eigenvalue weighted by Gasteiger charge is 2.42. The fourth-order valence-electron chi connectivity index (χ4n) is 2.39. The van der Waals surface area contributed by atoms with E-state index in [0.29, 0.717) is 11.6 Å². The number of carboxylic acids is 1. The van der Waals surface area contributed by atoms with E-state index in [1.165, 1.54) is 5.54 Å². The fourth-order valence-corrected chi connectivity index (χ4v) is 2.61. The molecule has 16 heavy (non-hydrogen) atoms. The number of piperidine rings is 1. The van der Waals surface area contributed by atoms with Crippen LogP contribution in [-0.2, 0) is 4.79 Å². The van der Waals surface area contributed by atoms with Gasteiger partial charge in [-0.3, -0.25) is 9.69 Å². The highest BCUT2D eigenvalue weighted by Crippen LogP contribution is 2.35. The van der Waals surface area contributed by atoms with Gasteiger partial charge in [-0.2, -0.15) is 0 Å². The molecule has 1 saturated heterocycles. The van der Waals surface area contributed by atoms with Crippen LogP contribution in [0.25, 0.3) is 0 Å². The van der Waals surface area contributed by atoms with Crippen LogP contribution in [0.3, 0.4) is 0 Å². The number of rotatable bonds is 3. The molecule has 1 heterocycles. The highest BCUT2D eigenvalue weighted by atomic mass is 35.5. The zero-order valence-electron chi connectivity index (χ0n) is 9.54. The molecule has 5 heteroatoms. The molecule has 0 aliphatic carbocycles. The van der Waals surface area contributed by atoms with Crippen molar-refractivity contribution in [3.05, 3.63) is 10.6 Å². The van der Waals surface area contributed by atoms with Crippen LogP contribution < -0.4 is 0 Å². The molecule has 1 aliphatic heterocycles. The van der Waals surface area contributed by atoms with E-state index in [9.17, 15) is 9.90 Å². The van der Waals surface area contributed by atoms with E-state index in [0.717, 1.165) is 19.4 Å². The Morgan fingerprint density at radius 2 is 2.25 bits per heavy atom. The number of likely N-dealkylation sites (tertiary alicyclic amines) is 1. The van der Waals surface area contributed by atoms with Gasteiger partial charge in [0.15, 0.2) is 0 Å². The quantitative estimate of drug-likeness (QED) is 0.853. The van der Waals surface area contributed by atoms with Gasteiger partial charge >= 0.3 is 5.97 Å². The van der Waals surface area contributed by atoms with Gasteiger partial charge in [-0.15, -0.1) is 0 Å². The Bertz CT molecular complexity index is 302. The summed E-state index contributed by atoms with van der Waals surface area (Å²) in [5.41, 5.74) is 1.07. The van der Waals surface area contributed by atoms with Crippen molar-refractivity contribution in [2.45, 2.75) is 32.7 Å². The Hall–Kier alpha value is -0.250. The van der Waals surface area contributed by atoms with E-state index in [4.69, 9.17) is 23.2 Å². The van der Waals surface area contributed by atoms with Gasteiger partial charge in [-0.1, -0.05) is 37.0 Å². The molecule has 0 radical (unpaired) electrons. The van der Waals surface area contributed by atoms with Crippen LogP contribution in [-0.4, -0.2) is 35.1 Å². The summed E-state index contributed by atoms with van der Waals surface area (Å²) in [5.74, 6) is -0.788. The lowest BCUT2D eigenvalue weighted by molar-refractivity contribution is -0.150. The zero-order valence-corrected chi connectivity index (χ0v) is 11.1. The predicted octanol–water partition coefficient (Wildman–Crippen LogP) is 2.88. The first kappa shape index (κ1) is 13.8. The highest BCUT2D eigenvalue weighted by molar-refractivity contribution is 6.36. The van der Waals surface area contributed by atoms with Crippen LogP contribution in [0.15, 0.2) is 10.6 Å². The standard InChI is InChI=1S/C11H17Cl2NO2/c1-11(2)4-3-5-14(7-8(13)6-12)9(11)10(15)16/h6,9H,3-5,7H2,1-2H3,(H,15,16).